The lowest BCUT2D eigenvalue weighted by atomic mass is 9.81. The number of nitrogens with two attached hydrogens (primary N) is 1. The number of hydrogen-bond acceptors (Lipinski definition) is 4. The van der Waals surface area contributed by atoms with Crippen molar-refractivity contribution in [1.82, 2.24) is 0 Å². The lowest BCUT2D eigenvalue weighted by Crippen LogP contribution is -2.22. The van der Waals surface area contributed by atoms with E-state index in [-0.39, 0.29) is 11.1 Å². The zero-order chi connectivity index (χ0) is 13.1. The molecule has 0 aliphatic rings. The molecule has 1 aromatic carbocycles. The zero-order valence-electron chi connectivity index (χ0n) is 10.4. The SMILES string of the molecule is COc1ccc([N+](=O)[O-])cc1C(C)(C)CCN. The number of ether oxygens (including phenoxy) is 1. The van der Waals surface area contributed by atoms with Crippen LogP contribution in [0.15, 0.2) is 18.2 Å². The minimum absolute atomic E-state index is 0.0749. The molecule has 2 N–H and O–H groups in total. The summed E-state index contributed by atoms with van der Waals surface area (Å²) in [5.41, 5.74) is 6.22. The zero-order valence-corrected chi connectivity index (χ0v) is 10.4. The van der Waals surface area contributed by atoms with Gasteiger partial charge in [0.05, 0.1) is 12.0 Å². The maximum absolute atomic E-state index is 10.8. The summed E-state index contributed by atoms with van der Waals surface area (Å²) in [6.07, 6.45) is 0.741. The topological polar surface area (TPSA) is 78.4 Å². The van der Waals surface area contributed by atoms with Crippen molar-refractivity contribution in [1.29, 1.82) is 0 Å². The summed E-state index contributed by atoms with van der Waals surface area (Å²) in [6, 6.07) is 4.64. The lowest BCUT2D eigenvalue weighted by Gasteiger charge is -2.26. The fourth-order valence-corrected chi connectivity index (χ4v) is 1.83. The minimum atomic E-state index is -0.401. The molecule has 17 heavy (non-hydrogen) atoms. The maximum Gasteiger partial charge on any atom is 0.269 e. The lowest BCUT2D eigenvalue weighted by molar-refractivity contribution is -0.385. The second-order valence-corrected chi connectivity index (χ2v) is 4.56. The van der Waals surface area contributed by atoms with Crippen molar-refractivity contribution in [2.24, 2.45) is 5.73 Å². The molecule has 0 unspecified atom stereocenters. The van der Waals surface area contributed by atoms with E-state index in [9.17, 15) is 10.1 Å². The Morgan fingerprint density at radius 3 is 2.59 bits per heavy atom. The highest BCUT2D eigenvalue weighted by molar-refractivity contribution is 5.47. The maximum atomic E-state index is 10.8. The Morgan fingerprint density at radius 2 is 2.12 bits per heavy atom. The van der Waals surface area contributed by atoms with Crippen LogP contribution in [0.1, 0.15) is 25.8 Å². The van der Waals surface area contributed by atoms with Gasteiger partial charge in [0.15, 0.2) is 0 Å². The summed E-state index contributed by atoms with van der Waals surface area (Å²) in [6.45, 7) is 4.53. The van der Waals surface area contributed by atoms with Crippen LogP contribution in [0.3, 0.4) is 0 Å². The average molecular weight is 238 g/mol. The van der Waals surface area contributed by atoms with Crippen LogP contribution in [0.4, 0.5) is 5.69 Å². The molecule has 0 atom stereocenters. The van der Waals surface area contributed by atoms with Crippen LogP contribution in [0.25, 0.3) is 0 Å². The highest BCUT2D eigenvalue weighted by Crippen LogP contribution is 2.36. The number of non-ortho nitro benzene ring substituents is 1. The van der Waals surface area contributed by atoms with E-state index in [1.165, 1.54) is 6.07 Å². The standard InChI is InChI=1S/C12H18N2O3/c1-12(2,6-7-13)10-8-9(14(15)16)4-5-11(10)17-3/h4-5,8H,6-7,13H2,1-3H3. The fourth-order valence-electron chi connectivity index (χ4n) is 1.83. The third-order valence-electron chi connectivity index (χ3n) is 2.89. The second kappa shape index (κ2) is 5.14. The molecule has 1 rings (SSSR count). The molecule has 0 aliphatic carbocycles. The Bertz CT molecular complexity index is 416. The number of nitro groups is 1. The van der Waals surface area contributed by atoms with Crippen molar-refractivity contribution in [3.63, 3.8) is 0 Å². The highest BCUT2D eigenvalue weighted by atomic mass is 16.6. The molecule has 5 nitrogen and oxygen atoms in total. The van der Waals surface area contributed by atoms with Gasteiger partial charge in [0, 0.05) is 17.7 Å². The van der Waals surface area contributed by atoms with Crippen molar-refractivity contribution in [2.45, 2.75) is 25.7 Å². The molecule has 0 bridgehead atoms. The van der Waals surface area contributed by atoms with Crippen molar-refractivity contribution in [3.8, 4) is 5.75 Å². The van der Waals surface area contributed by atoms with Crippen LogP contribution in [0.5, 0.6) is 5.75 Å². The molecule has 0 saturated heterocycles. The number of nitro benzene ring substituents is 1. The molecule has 5 heteroatoms. The van der Waals surface area contributed by atoms with E-state index in [4.69, 9.17) is 10.5 Å². The summed E-state index contributed by atoms with van der Waals surface area (Å²) in [5, 5.41) is 10.8. The average Bonchev–Trinajstić information content (AvgIpc) is 2.28. The van der Waals surface area contributed by atoms with E-state index in [0.717, 1.165) is 12.0 Å². The third kappa shape index (κ3) is 2.94. The van der Waals surface area contributed by atoms with Gasteiger partial charge < -0.3 is 10.5 Å². The van der Waals surface area contributed by atoms with Gasteiger partial charge in [0.25, 0.3) is 5.69 Å². The monoisotopic (exact) mass is 238 g/mol. The van der Waals surface area contributed by atoms with Gasteiger partial charge in [0.2, 0.25) is 0 Å². The van der Waals surface area contributed by atoms with Gasteiger partial charge in [0.1, 0.15) is 5.75 Å². The Labute approximate surface area is 101 Å². The fraction of sp³-hybridized carbons (Fsp3) is 0.500. The Kier molecular flexibility index (Phi) is 4.07. The largest absolute Gasteiger partial charge is 0.496 e. The van der Waals surface area contributed by atoms with E-state index >= 15 is 0 Å². The van der Waals surface area contributed by atoms with Gasteiger partial charge >= 0.3 is 0 Å². The normalized spacial score (nSPS) is 11.3. The minimum Gasteiger partial charge on any atom is -0.496 e. The summed E-state index contributed by atoms with van der Waals surface area (Å²) >= 11 is 0. The molecule has 94 valence electrons. The summed E-state index contributed by atoms with van der Waals surface area (Å²) in [7, 11) is 1.56. The van der Waals surface area contributed by atoms with E-state index in [0.29, 0.717) is 12.3 Å². The molecule has 0 amide bonds. The van der Waals surface area contributed by atoms with Crippen LogP contribution >= 0.6 is 0 Å². The highest BCUT2D eigenvalue weighted by Gasteiger charge is 2.25. The summed E-state index contributed by atoms with van der Waals surface area (Å²) < 4.78 is 5.25. The third-order valence-corrected chi connectivity index (χ3v) is 2.89. The van der Waals surface area contributed by atoms with Crippen LogP contribution in [-0.4, -0.2) is 18.6 Å². The molecule has 0 fully saturated rings. The molecule has 0 aliphatic heterocycles. The van der Waals surface area contributed by atoms with E-state index < -0.39 is 4.92 Å². The van der Waals surface area contributed by atoms with Crippen LogP contribution < -0.4 is 10.5 Å². The first-order valence-electron chi connectivity index (χ1n) is 5.45. The number of rotatable bonds is 5. The first-order valence-corrected chi connectivity index (χ1v) is 5.45. The molecular weight excluding hydrogens is 220 g/mol. The van der Waals surface area contributed by atoms with Crippen molar-refractivity contribution in [2.75, 3.05) is 13.7 Å². The number of methoxy groups -OCH3 is 1. The van der Waals surface area contributed by atoms with Crippen LogP contribution in [-0.2, 0) is 5.41 Å². The quantitative estimate of drug-likeness (QED) is 0.630. The first-order chi connectivity index (χ1) is 7.92. The van der Waals surface area contributed by atoms with E-state index in [1.54, 1.807) is 19.2 Å². The predicted octanol–water partition coefficient (Wildman–Crippen LogP) is 2.23. The Hall–Kier alpha value is -1.62. The number of nitrogens with zero attached hydrogens (tertiary/aromatic N) is 1. The Morgan fingerprint density at radius 1 is 1.47 bits per heavy atom. The molecular formula is C12H18N2O3. The molecule has 1 aromatic rings. The molecule has 0 spiro atoms. The van der Waals surface area contributed by atoms with Gasteiger partial charge in [-0.15, -0.1) is 0 Å². The van der Waals surface area contributed by atoms with Crippen LogP contribution in [0, 0.1) is 10.1 Å². The van der Waals surface area contributed by atoms with Gasteiger partial charge in [-0.1, -0.05) is 13.8 Å². The summed E-state index contributed by atoms with van der Waals surface area (Å²) in [4.78, 5) is 10.4. The number of benzene rings is 1. The van der Waals surface area contributed by atoms with Crippen LogP contribution in [0.2, 0.25) is 0 Å². The second-order valence-electron chi connectivity index (χ2n) is 4.56. The van der Waals surface area contributed by atoms with Crippen molar-refractivity contribution < 1.29 is 9.66 Å². The first kappa shape index (κ1) is 13.4. The van der Waals surface area contributed by atoms with Gasteiger partial charge in [-0.25, -0.2) is 0 Å². The molecule has 0 saturated carbocycles. The number of hydrogen-bond donors (Lipinski definition) is 1. The van der Waals surface area contributed by atoms with Gasteiger partial charge in [-0.2, -0.15) is 0 Å². The molecule has 0 aromatic heterocycles. The molecule has 0 radical (unpaired) electrons. The van der Waals surface area contributed by atoms with Crippen molar-refractivity contribution >= 4 is 5.69 Å². The molecule has 0 heterocycles. The van der Waals surface area contributed by atoms with E-state index in [2.05, 4.69) is 0 Å². The smallest absolute Gasteiger partial charge is 0.269 e. The Balaban J connectivity index is 3.27. The summed E-state index contributed by atoms with van der Waals surface area (Å²) in [5.74, 6) is 0.661. The predicted molar refractivity (Wildman–Crippen MR) is 66.3 cm³/mol. The van der Waals surface area contributed by atoms with Crippen molar-refractivity contribution in [3.05, 3.63) is 33.9 Å². The van der Waals surface area contributed by atoms with E-state index in [1.807, 2.05) is 13.8 Å². The van der Waals surface area contributed by atoms with Gasteiger partial charge in [-0.05, 0) is 24.4 Å². The van der Waals surface area contributed by atoms with Gasteiger partial charge in [-0.3, -0.25) is 10.1 Å².